The number of imidazole rings is 1. The second kappa shape index (κ2) is 5.77. The Morgan fingerprint density at radius 1 is 1.45 bits per heavy atom. The molecule has 4 nitrogen and oxygen atoms in total. The van der Waals surface area contributed by atoms with Gasteiger partial charge < -0.3 is 4.98 Å². The van der Waals surface area contributed by atoms with E-state index >= 15 is 0 Å². The minimum absolute atomic E-state index is 0.189. The van der Waals surface area contributed by atoms with E-state index in [0.29, 0.717) is 5.52 Å². The summed E-state index contributed by atoms with van der Waals surface area (Å²) in [7, 11) is 0. The van der Waals surface area contributed by atoms with Crippen molar-refractivity contribution in [3.8, 4) is 0 Å². The number of aromatic nitrogens is 3. The smallest absolute Gasteiger partial charge is 0.304 e. The molecule has 0 saturated carbocycles. The molecule has 2 heterocycles. The number of pyridine rings is 1. The molecule has 3 aromatic rings. The molecule has 0 bridgehead atoms. The van der Waals surface area contributed by atoms with Crippen LogP contribution in [-0.4, -0.2) is 14.5 Å². The molecule has 0 spiro atoms. The van der Waals surface area contributed by atoms with Gasteiger partial charge in [0.05, 0.1) is 22.7 Å². The van der Waals surface area contributed by atoms with Crippen LogP contribution in [0.4, 0.5) is 0 Å². The number of nitrogens with one attached hydrogen (secondary N) is 1. The third-order valence-electron chi connectivity index (χ3n) is 3.43. The molecule has 0 unspecified atom stereocenters. The molecule has 2 aromatic heterocycles. The van der Waals surface area contributed by atoms with Gasteiger partial charge in [0.25, 0.3) is 0 Å². The first-order valence-electron chi connectivity index (χ1n) is 6.80. The van der Waals surface area contributed by atoms with Crippen molar-refractivity contribution in [3.05, 3.63) is 70.2 Å². The summed E-state index contributed by atoms with van der Waals surface area (Å²) in [6.07, 6.45) is 8.92. The van der Waals surface area contributed by atoms with Crippen molar-refractivity contribution in [2.75, 3.05) is 0 Å². The zero-order valence-electron chi connectivity index (χ0n) is 12.0. The maximum atomic E-state index is 12.4. The quantitative estimate of drug-likeness (QED) is 0.714. The average molecular weight is 356 g/mol. The van der Waals surface area contributed by atoms with Crippen LogP contribution < -0.4 is 5.69 Å². The van der Waals surface area contributed by atoms with Gasteiger partial charge in [0.15, 0.2) is 0 Å². The van der Waals surface area contributed by atoms with Gasteiger partial charge in [-0.15, -0.1) is 0 Å². The van der Waals surface area contributed by atoms with Gasteiger partial charge in [0.2, 0.25) is 0 Å². The van der Waals surface area contributed by atoms with Crippen molar-refractivity contribution >= 4 is 43.6 Å². The van der Waals surface area contributed by atoms with Gasteiger partial charge in [0, 0.05) is 15.6 Å². The van der Waals surface area contributed by atoms with E-state index in [1.54, 1.807) is 22.9 Å². The van der Waals surface area contributed by atoms with E-state index in [9.17, 15) is 4.79 Å². The molecule has 0 aliphatic heterocycles. The molecule has 0 aliphatic carbocycles. The summed E-state index contributed by atoms with van der Waals surface area (Å²) in [6.45, 7) is 5.57. The zero-order chi connectivity index (χ0) is 15.7. The van der Waals surface area contributed by atoms with E-state index in [1.165, 1.54) is 0 Å². The van der Waals surface area contributed by atoms with Crippen molar-refractivity contribution in [3.63, 3.8) is 0 Å². The Morgan fingerprint density at radius 2 is 2.27 bits per heavy atom. The number of halogens is 1. The van der Waals surface area contributed by atoms with Crippen molar-refractivity contribution < 1.29 is 0 Å². The average Bonchev–Trinajstić information content (AvgIpc) is 2.85. The number of fused-ring (bicyclic) bond motifs is 3. The Balaban J connectivity index is 2.46. The summed E-state index contributed by atoms with van der Waals surface area (Å²) in [4.78, 5) is 19.7. The van der Waals surface area contributed by atoms with Crippen LogP contribution in [-0.2, 0) is 0 Å². The Bertz CT molecular complexity index is 992. The molecule has 1 N–H and O–H groups in total. The molecule has 0 radical (unpaired) electrons. The molecule has 5 heteroatoms. The predicted molar refractivity (Wildman–Crippen MR) is 94.8 cm³/mol. The fourth-order valence-electron chi connectivity index (χ4n) is 2.47. The minimum atomic E-state index is -0.189. The van der Waals surface area contributed by atoms with E-state index in [2.05, 4.69) is 32.5 Å². The van der Waals surface area contributed by atoms with Gasteiger partial charge >= 0.3 is 5.69 Å². The van der Waals surface area contributed by atoms with E-state index in [-0.39, 0.29) is 5.69 Å². The number of benzene rings is 1. The monoisotopic (exact) mass is 355 g/mol. The summed E-state index contributed by atoms with van der Waals surface area (Å²) in [5.74, 6) is 0. The summed E-state index contributed by atoms with van der Waals surface area (Å²) in [5.41, 5.74) is 2.96. The lowest BCUT2D eigenvalue weighted by atomic mass is 10.2. The molecular weight excluding hydrogens is 342 g/mol. The number of hydrogen-bond donors (Lipinski definition) is 1. The highest BCUT2D eigenvalue weighted by Crippen LogP contribution is 2.26. The molecule has 0 aliphatic rings. The molecule has 0 saturated heterocycles. The molecule has 3 rings (SSSR count). The molecule has 0 fully saturated rings. The van der Waals surface area contributed by atoms with Crippen LogP contribution in [0.3, 0.4) is 0 Å². The second-order valence-electron chi connectivity index (χ2n) is 4.76. The van der Waals surface area contributed by atoms with Gasteiger partial charge in [-0.3, -0.25) is 9.55 Å². The molecule has 22 heavy (non-hydrogen) atoms. The highest BCUT2D eigenvalue weighted by atomic mass is 79.9. The van der Waals surface area contributed by atoms with Crippen LogP contribution in [0.5, 0.6) is 0 Å². The van der Waals surface area contributed by atoms with Crippen molar-refractivity contribution in [1.29, 1.82) is 0 Å². The molecule has 0 amide bonds. The predicted octanol–water partition coefficient (Wildman–Crippen LogP) is 4.24. The second-order valence-corrected chi connectivity index (χ2v) is 5.67. The minimum Gasteiger partial charge on any atom is -0.304 e. The SMILES string of the molecule is C=C/C=C\C(=C/C)n1c(=O)[nH]c2cnc3ccc(Br)cc3c21. The van der Waals surface area contributed by atoms with Gasteiger partial charge in [-0.25, -0.2) is 4.79 Å². The zero-order valence-corrected chi connectivity index (χ0v) is 13.6. The number of hydrogen-bond acceptors (Lipinski definition) is 2. The van der Waals surface area contributed by atoms with Gasteiger partial charge in [-0.1, -0.05) is 40.7 Å². The van der Waals surface area contributed by atoms with Gasteiger partial charge in [-0.05, 0) is 31.2 Å². The fourth-order valence-corrected chi connectivity index (χ4v) is 2.83. The highest BCUT2D eigenvalue weighted by molar-refractivity contribution is 9.10. The maximum absolute atomic E-state index is 12.4. The van der Waals surface area contributed by atoms with Crippen LogP contribution >= 0.6 is 15.9 Å². The third-order valence-corrected chi connectivity index (χ3v) is 3.92. The number of H-pyrrole nitrogens is 1. The van der Waals surface area contributed by atoms with Crippen LogP contribution in [0.25, 0.3) is 27.6 Å². The molecule has 1 aromatic carbocycles. The number of nitrogens with zero attached hydrogens (tertiary/aromatic N) is 2. The first-order chi connectivity index (χ1) is 10.7. The molecular formula is C17H14BrN3O. The maximum Gasteiger partial charge on any atom is 0.331 e. The van der Waals surface area contributed by atoms with Gasteiger partial charge in [-0.2, -0.15) is 0 Å². The number of rotatable bonds is 3. The van der Waals surface area contributed by atoms with E-state index in [4.69, 9.17) is 0 Å². The Hall–Kier alpha value is -2.40. The Morgan fingerprint density at radius 3 is 3.00 bits per heavy atom. The first-order valence-corrected chi connectivity index (χ1v) is 7.60. The standard InChI is InChI=1S/C17H14BrN3O/c1-3-5-6-12(4-2)21-16-13-9-11(18)7-8-14(13)19-10-15(16)20-17(21)22/h3-10H,1H2,2H3,(H,20,22)/b6-5-,12-4+. The lowest BCUT2D eigenvalue weighted by molar-refractivity contribution is 1.05. The van der Waals surface area contributed by atoms with Crippen molar-refractivity contribution in [2.45, 2.75) is 6.92 Å². The van der Waals surface area contributed by atoms with Crippen LogP contribution in [0.2, 0.25) is 0 Å². The van der Waals surface area contributed by atoms with Crippen LogP contribution in [0.1, 0.15) is 6.92 Å². The van der Waals surface area contributed by atoms with E-state index in [1.807, 2.05) is 37.3 Å². The normalized spacial score (nSPS) is 12.5. The van der Waals surface area contributed by atoms with Gasteiger partial charge in [0.1, 0.15) is 0 Å². The largest absolute Gasteiger partial charge is 0.331 e. The Kier molecular flexibility index (Phi) is 3.81. The molecule has 0 atom stereocenters. The topological polar surface area (TPSA) is 50.7 Å². The summed E-state index contributed by atoms with van der Waals surface area (Å²) < 4.78 is 2.60. The van der Waals surface area contributed by atoms with Crippen molar-refractivity contribution in [2.24, 2.45) is 0 Å². The summed E-state index contributed by atoms with van der Waals surface area (Å²) >= 11 is 3.48. The Labute approximate surface area is 135 Å². The third kappa shape index (κ3) is 2.33. The fraction of sp³-hybridized carbons (Fsp3) is 0.0588. The van der Waals surface area contributed by atoms with Crippen molar-refractivity contribution in [1.82, 2.24) is 14.5 Å². The first kappa shape index (κ1) is 14.5. The lowest BCUT2D eigenvalue weighted by Crippen LogP contribution is -2.15. The molecule has 110 valence electrons. The number of allylic oxidation sites excluding steroid dienone is 5. The van der Waals surface area contributed by atoms with Crippen LogP contribution in [0.15, 0.2) is 64.5 Å². The number of aromatic amines is 1. The van der Waals surface area contributed by atoms with Crippen LogP contribution in [0, 0.1) is 0 Å². The summed E-state index contributed by atoms with van der Waals surface area (Å²) in [6, 6.07) is 5.83. The highest BCUT2D eigenvalue weighted by Gasteiger charge is 2.13. The summed E-state index contributed by atoms with van der Waals surface area (Å²) in [5, 5.41) is 0.913. The van der Waals surface area contributed by atoms with E-state index in [0.717, 1.165) is 26.6 Å². The van der Waals surface area contributed by atoms with E-state index < -0.39 is 0 Å². The lowest BCUT2D eigenvalue weighted by Gasteiger charge is -2.06.